The van der Waals surface area contributed by atoms with Gasteiger partial charge < -0.3 is 10.1 Å². The van der Waals surface area contributed by atoms with Crippen molar-refractivity contribution < 1.29 is 9.66 Å². The van der Waals surface area contributed by atoms with Gasteiger partial charge in [0.05, 0.1) is 23.4 Å². The van der Waals surface area contributed by atoms with Crippen molar-refractivity contribution in [2.45, 2.75) is 9.79 Å². The largest absolute Gasteiger partial charge is 0.497 e. The lowest BCUT2D eigenvalue weighted by molar-refractivity contribution is -0.385. The number of non-ortho nitro benzene ring substituents is 1. The van der Waals surface area contributed by atoms with E-state index < -0.39 is 0 Å². The molecule has 1 N–H and O–H groups in total. The highest BCUT2D eigenvalue weighted by Crippen LogP contribution is 2.46. The third-order valence-corrected chi connectivity index (χ3v) is 3.97. The minimum atomic E-state index is -0.387. The topological polar surface area (TPSA) is 64.4 Å². The summed E-state index contributed by atoms with van der Waals surface area (Å²) in [5.74, 6) is 0.766. The van der Waals surface area contributed by atoms with Crippen LogP contribution < -0.4 is 10.1 Å². The average molecular weight is 273 g/mol. The molecule has 1 heterocycles. The van der Waals surface area contributed by atoms with Crippen LogP contribution in [0.5, 0.6) is 5.75 Å². The highest BCUT2D eigenvalue weighted by Gasteiger charge is 2.19. The van der Waals surface area contributed by atoms with Crippen molar-refractivity contribution in [1.29, 1.82) is 0 Å². The molecule has 0 unspecified atom stereocenters. The Bertz CT molecular complexity index is 673. The first-order valence-electron chi connectivity index (χ1n) is 5.59. The van der Waals surface area contributed by atoms with E-state index in [0.717, 1.165) is 26.9 Å². The van der Waals surface area contributed by atoms with Crippen LogP contribution in [-0.2, 0) is 0 Å². The zero-order chi connectivity index (χ0) is 13.4. The summed E-state index contributed by atoms with van der Waals surface area (Å²) >= 11 is 1.50. The lowest BCUT2D eigenvalue weighted by Gasteiger charge is -2.20. The predicted octanol–water partition coefficient (Wildman–Crippen LogP) is 3.81. The Kier molecular flexibility index (Phi) is 2.79. The van der Waals surface area contributed by atoms with Gasteiger partial charge in [-0.15, -0.1) is 0 Å². The number of nitrogens with one attached hydrogen (secondary N) is 1. The van der Waals surface area contributed by atoms with E-state index in [1.54, 1.807) is 19.2 Å². The van der Waals surface area contributed by atoms with Crippen molar-refractivity contribution in [3.05, 3.63) is 46.5 Å². The molecule has 0 fully saturated rings. The molecule has 0 saturated carbocycles. The minimum Gasteiger partial charge on any atom is -0.497 e. The van der Waals surface area contributed by atoms with Gasteiger partial charge >= 0.3 is 0 Å². The zero-order valence-corrected chi connectivity index (χ0v) is 10.9. The van der Waals surface area contributed by atoms with Crippen LogP contribution in [0.1, 0.15) is 0 Å². The minimum absolute atomic E-state index is 0.0967. The second-order valence-corrected chi connectivity index (χ2v) is 5.11. The number of fused-ring (bicyclic) bond motifs is 2. The van der Waals surface area contributed by atoms with Gasteiger partial charge in [0.2, 0.25) is 0 Å². The van der Waals surface area contributed by atoms with Crippen molar-refractivity contribution in [3.63, 3.8) is 0 Å². The van der Waals surface area contributed by atoms with Crippen LogP contribution in [0, 0.1) is 10.1 Å². The molecule has 1 aliphatic heterocycles. The van der Waals surface area contributed by atoms with Crippen molar-refractivity contribution in [2.24, 2.45) is 0 Å². The highest BCUT2D eigenvalue weighted by molar-refractivity contribution is 7.99. The van der Waals surface area contributed by atoms with Crippen molar-refractivity contribution in [3.8, 4) is 5.75 Å². The van der Waals surface area contributed by atoms with Crippen LogP contribution >= 0.6 is 11.8 Å². The first kappa shape index (κ1) is 11.9. The molecular formula is C13H10N2O3S. The van der Waals surface area contributed by atoms with Crippen LogP contribution in [0.15, 0.2) is 46.2 Å². The molecule has 96 valence electrons. The number of methoxy groups -OCH3 is 1. The number of nitro groups is 1. The van der Waals surface area contributed by atoms with Crippen LogP contribution in [0.25, 0.3) is 0 Å². The maximum Gasteiger partial charge on any atom is 0.270 e. The quantitative estimate of drug-likeness (QED) is 0.568. The van der Waals surface area contributed by atoms with Gasteiger partial charge in [-0.2, -0.15) is 0 Å². The maximum absolute atomic E-state index is 10.8. The predicted molar refractivity (Wildman–Crippen MR) is 73.5 cm³/mol. The Morgan fingerprint density at radius 1 is 1.16 bits per heavy atom. The molecule has 0 spiro atoms. The number of nitrogens with zero attached hydrogens (tertiary/aromatic N) is 1. The van der Waals surface area contributed by atoms with E-state index >= 15 is 0 Å². The van der Waals surface area contributed by atoms with E-state index in [0.29, 0.717) is 0 Å². The summed E-state index contributed by atoms with van der Waals surface area (Å²) in [5.41, 5.74) is 1.96. The van der Waals surface area contributed by atoms with Gasteiger partial charge in [-0.3, -0.25) is 10.1 Å². The smallest absolute Gasteiger partial charge is 0.270 e. The number of ether oxygens (including phenoxy) is 1. The first-order valence-corrected chi connectivity index (χ1v) is 6.40. The summed E-state index contributed by atoms with van der Waals surface area (Å²) in [6.45, 7) is 0. The molecular weight excluding hydrogens is 263 g/mol. The van der Waals surface area contributed by atoms with Gasteiger partial charge in [0, 0.05) is 21.9 Å². The van der Waals surface area contributed by atoms with Crippen molar-refractivity contribution in [1.82, 2.24) is 0 Å². The third-order valence-electron chi connectivity index (χ3n) is 2.85. The Labute approximate surface area is 113 Å². The lowest BCUT2D eigenvalue weighted by Crippen LogP contribution is -2.00. The van der Waals surface area contributed by atoms with Gasteiger partial charge in [0.1, 0.15) is 5.75 Å². The van der Waals surface area contributed by atoms with Crippen LogP contribution in [0.4, 0.5) is 17.1 Å². The first-order chi connectivity index (χ1) is 9.17. The summed E-state index contributed by atoms with van der Waals surface area (Å²) in [4.78, 5) is 12.2. The van der Waals surface area contributed by atoms with Crippen molar-refractivity contribution in [2.75, 3.05) is 12.4 Å². The van der Waals surface area contributed by atoms with Gasteiger partial charge in [-0.05, 0) is 24.3 Å². The second kappa shape index (κ2) is 4.47. The number of hydrogen-bond acceptors (Lipinski definition) is 5. The van der Waals surface area contributed by atoms with Crippen molar-refractivity contribution >= 4 is 28.8 Å². The van der Waals surface area contributed by atoms with E-state index in [1.165, 1.54) is 17.8 Å². The fraction of sp³-hybridized carbons (Fsp3) is 0.0769. The number of rotatable bonds is 2. The fourth-order valence-corrected chi connectivity index (χ4v) is 2.94. The van der Waals surface area contributed by atoms with Gasteiger partial charge in [0.15, 0.2) is 0 Å². The SMILES string of the molecule is [11CH3]Oc1ccc2c(c1)Sc1cc([N+](=O)[O-])ccc1N2. The summed E-state index contributed by atoms with van der Waals surface area (Å²) in [6, 6.07) is 10.5. The molecule has 2 aromatic rings. The Balaban J connectivity index is 2.02. The number of hydrogen-bond donors (Lipinski definition) is 1. The third kappa shape index (κ3) is 2.10. The molecule has 0 aromatic heterocycles. The normalized spacial score (nSPS) is 12.1. The van der Waals surface area contributed by atoms with Crippen LogP contribution in [0.2, 0.25) is 0 Å². The molecule has 0 saturated heterocycles. The summed E-state index contributed by atoms with van der Waals surface area (Å²) in [7, 11) is 1.61. The fourth-order valence-electron chi connectivity index (χ4n) is 1.89. The molecule has 0 bridgehead atoms. The standard InChI is InChI=1S/C13H10N2O3S/c1-18-9-3-5-11-13(7-9)19-12-6-8(15(16)17)2-4-10(12)14-11/h2-7,14H,1H3/i1-1. The average Bonchev–Trinajstić information content (AvgIpc) is 2.43. The summed E-state index contributed by atoms with van der Waals surface area (Å²) in [6.07, 6.45) is 0. The Hall–Kier alpha value is -2.21. The van der Waals surface area contributed by atoms with Gasteiger partial charge in [-0.1, -0.05) is 11.8 Å². The summed E-state index contributed by atoms with van der Waals surface area (Å²) < 4.78 is 5.18. The number of anilines is 2. The van der Waals surface area contributed by atoms with Gasteiger partial charge in [-0.25, -0.2) is 0 Å². The molecule has 19 heavy (non-hydrogen) atoms. The summed E-state index contributed by atoms with van der Waals surface area (Å²) in [5, 5.41) is 14.0. The second-order valence-electron chi connectivity index (χ2n) is 4.03. The molecule has 0 aliphatic carbocycles. The van der Waals surface area contributed by atoms with E-state index in [9.17, 15) is 10.1 Å². The van der Waals surface area contributed by atoms with E-state index in [-0.39, 0.29) is 10.6 Å². The molecule has 0 atom stereocenters. The lowest BCUT2D eigenvalue weighted by atomic mass is 10.2. The zero-order valence-electron chi connectivity index (χ0n) is 10.0. The molecule has 0 radical (unpaired) electrons. The Morgan fingerprint density at radius 3 is 2.53 bits per heavy atom. The maximum atomic E-state index is 10.8. The van der Waals surface area contributed by atoms with Gasteiger partial charge in [0.25, 0.3) is 5.69 Å². The van der Waals surface area contributed by atoms with Crippen LogP contribution in [-0.4, -0.2) is 12.0 Å². The molecule has 2 aromatic carbocycles. The molecule has 5 nitrogen and oxygen atoms in total. The number of benzene rings is 2. The molecule has 3 rings (SSSR count). The van der Waals surface area contributed by atoms with E-state index in [1.807, 2.05) is 18.2 Å². The highest BCUT2D eigenvalue weighted by atomic mass is 32.2. The molecule has 0 amide bonds. The Morgan fingerprint density at radius 2 is 1.84 bits per heavy atom. The monoisotopic (exact) mass is 273 g/mol. The van der Waals surface area contributed by atoms with E-state index in [2.05, 4.69) is 5.32 Å². The molecule has 1 aliphatic rings. The molecule has 6 heteroatoms. The number of nitro benzene ring substituents is 1. The van der Waals surface area contributed by atoms with Crippen LogP contribution in [0.3, 0.4) is 0 Å². The van der Waals surface area contributed by atoms with E-state index in [4.69, 9.17) is 4.74 Å².